The van der Waals surface area contributed by atoms with Crippen molar-refractivity contribution < 1.29 is 24.5 Å². The lowest BCUT2D eigenvalue weighted by atomic mass is 10.0. The predicted octanol–water partition coefficient (Wildman–Crippen LogP) is 3.30. The zero-order chi connectivity index (χ0) is 26.9. The van der Waals surface area contributed by atoms with E-state index >= 15 is 0 Å². The minimum Gasteiger partial charge on any atom is -0.507 e. The quantitative estimate of drug-likeness (QED) is 0.226. The molecule has 2 amide bonds. The summed E-state index contributed by atoms with van der Waals surface area (Å²) in [6.45, 7) is 1.89. The van der Waals surface area contributed by atoms with Crippen LogP contribution in [0.2, 0.25) is 0 Å². The van der Waals surface area contributed by atoms with Gasteiger partial charge in [0.2, 0.25) is 0 Å². The summed E-state index contributed by atoms with van der Waals surface area (Å²) in [7, 11) is 0. The molecule has 3 aromatic rings. The van der Waals surface area contributed by atoms with Gasteiger partial charge in [0, 0.05) is 46.5 Å². The van der Waals surface area contributed by atoms with Gasteiger partial charge in [0.25, 0.3) is 23.2 Å². The van der Waals surface area contributed by atoms with E-state index in [1.54, 1.807) is 12.1 Å². The molecule has 0 aromatic heterocycles. The molecule has 0 bridgehead atoms. The Hall–Kier alpha value is -5.46. The van der Waals surface area contributed by atoms with Crippen LogP contribution in [-0.2, 0) is 6.42 Å². The number of hydrogen-bond donors (Lipinski definition) is 3. The third-order valence-electron chi connectivity index (χ3n) is 5.06. The number of aromatic hydroxyl groups is 1. The molecule has 0 saturated carbocycles. The molecule has 0 atom stereocenters. The molecule has 3 aromatic carbocycles. The Morgan fingerprint density at radius 1 is 0.811 bits per heavy atom. The molecule has 3 rings (SSSR count). The van der Waals surface area contributed by atoms with Crippen molar-refractivity contribution in [3.05, 3.63) is 109 Å². The van der Waals surface area contributed by atoms with Crippen molar-refractivity contribution in [2.24, 2.45) is 10.2 Å². The maximum atomic E-state index is 12.2. The van der Waals surface area contributed by atoms with Crippen LogP contribution in [0.15, 0.2) is 70.9 Å². The zero-order valence-corrected chi connectivity index (χ0v) is 19.3. The fraction of sp³-hybridized carbons (Fsp3) is 0.0833. The van der Waals surface area contributed by atoms with E-state index in [2.05, 4.69) is 21.1 Å². The SMILES string of the molecule is CCc1cc(/C=N\NC(=O)c2ccc([N+](=O)[O-])cc2)c(O)c(/C=N\NC(=O)c2ccc([N+](=O)[O-])cc2)c1. The van der Waals surface area contributed by atoms with Crippen LogP contribution in [0, 0.1) is 20.2 Å². The van der Waals surface area contributed by atoms with Crippen molar-refractivity contribution in [1.82, 2.24) is 10.9 Å². The molecule has 13 heteroatoms. The van der Waals surface area contributed by atoms with Gasteiger partial charge in [-0.3, -0.25) is 29.8 Å². The van der Waals surface area contributed by atoms with E-state index in [1.165, 1.54) is 61.0 Å². The summed E-state index contributed by atoms with van der Waals surface area (Å²) in [6, 6.07) is 13.3. The molecule has 0 unspecified atom stereocenters. The number of phenolic OH excluding ortho intramolecular Hbond substituents is 1. The summed E-state index contributed by atoms with van der Waals surface area (Å²) in [5.74, 6) is -1.42. The van der Waals surface area contributed by atoms with Gasteiger partial charge in [0.05, 0.1) is 22.3 Å². The average molecular weight is 504 g/mol. The van der Waals surface area contributed by atoms with Crippen LogP contribution < -0.4 is 10.9 Å². The number of nitro benzene ring substituents is 2. The lowest BCUT2D eigenvalue weighted by Gasteiger charge is -2.07. The van der Waals surface area contributed by atoms with E-state index < -0.39 is 21.7 Å². The van der Waals surface area contributed by atoms with Gasteiger partial charge < -0.3 is 5.11 Å². The van der Waals surface area contributed by atoms with Gasteiger partial charge in [0.1, 0.15) is 5.75 Å². The van der Waals surface area contributed by atoms with Crippen LogP contribution in [0.1, 0.15) is 44.3 Å². The molecule has 0 fully saturated rings. The number of nitrogens with one attached hydrogen (secondary N) is 2. The normalized spacial score (nSPS) is 10.9. The van der Waals surface area contributed by atoms with Gasteiger partial charge in [-0.25, -0.2) is 10.9 Å². The Kier molecular flexibility index (Phi) is 8.33. The van der Waals surface area contributed by atoms with Crippen molar-refractivity contribution in [1.29, 1.82) is 0 Å². The zero-order valence-electron chi connectivity index (χ0n) is 19.3. The van der Waals surface area contributed by atoms with Crippen molar-refractivity contribution in [2.75, 3.05) is 0 Å². The summed E-state index contributed by atoms with van der Waals surface area (Å²) in [5.41, 5.74) is 5.93. The Bertz CT molecular complexity index is 1300. The van der Waals surface area contributed by atoms with Crippen molar-refractivity contribution in [3.63, 3.8) is 0 Å². The highest BCUT2D eigenvalue weighted by Gasteiger charge is 2.11. The van der Waals surface area contributed by atoms with E-state index in [0.29, 0.717) is 6.42 Å². The van der Waals surface area contributed by atoms with Crippen molar-refractivity contribution >= 4 is 35.6 Å². The molecule has 37 heavy (non-hydrogen) atoms. The molecule has 0 aliphatic rings. The molecule has 0 radical (unpaired) electrons. The first-order valence-corrected chi connectivity index (χ1v) is 10.7. The molecule has 0 aliphatic carbocycles. The highest BCUT2D eigenvalue weighted by Crippen LogP contribution is 2.22. The molecular formula is C24H20N6O7. The number of carbonyl (C=O) groups is 2. The number of hydrogen-bond acceptors (Lipinski definition) is 9. The number of phenols is 1. The monoisotopic (exact) mass is 504 g/mol. The van der Waals surface area contributed by atoms with Gasteiger partial charge in [-0.1, -0.05) is 6.92 Å². The summed E-state index contributed by atoms with van der Waals surface area (Å²) in [4.78, 5) is 44.7. The van der Waals surface area contributed by atoms with Gasteiger partial charge >= 0.3 is 0 Å². The molecular weight excluding hydrogens is 484 g/mol. The van der Waals surface area contributed by atoms with Crippen LogP contribution in [0.3, 0.4) is 0 Å². The fourth-order valence-electron chi connectivity index (χ4n) is 3.06. The lowest BCUT2D eigenvalue weighted by molar-refractivity contribution is -0.385. The Morgan fingerprint density at radius 2 is 1.19 bits per heavy atom. The molecule has 13 nitrogen and oxygen atoms in total. The number of nitro groups is 2. The van der Waals surface area contributed by atoms with Crippen LogP contribution >= 0.6 is 0 Å². The number of nitrogens with zero attached hydrogens (tertiary/aromatic N) is 4. The summed E-state index contributed by atoms with van der Waals surface area (Å²) >= 11 is 0. The summed E-state index contributed by atoms with van der Waals surface area (Å²) in [6.07, 6.45) is 3.06. The number of aryl methyl sites for hydroxylation is 1. The van der Waals surface area contributed by atoms with Crippen LogP contribution in [0.5, 0.6) is 5.75 Å². The van der Waals surface area contributed by atoms with E-state index in [1.807, 2.05) is 6.92 Å². The van der Waals surface area contributed by atoms with Gasteiger partial charge in [-0.2, -0.15) is 10.2 Å². The fourth-order valence-corrected chi connectivity index (χ4v) is 3.06. The number of non-ortho nitro benzene ring substituents is 2. The minimum absolute atomic E-state index is 0.153. The largest absolute Gasteiger partial charge is 0.507 e. The van der Waals surface area contributed by atoms with Crippen LogP contribution in [-0.4, -0.2) is 39.2 Å². The summed E-state index contributed by atoms with van der Waals surface area (Å²) in [5, 5.41) is 39.7. The minimum atomic E-state index is -0.604. The molecule has 0 heterocycles. The highest BCUT2D eigenvalue weighted by atomic mass is 16.6. The number of benzene rings is 3. The van der Waals surface area contributed by atoms with E-state index in [0.717, 1.165) is 5.56 Å². The molecule has 3 N–H and O–H groups in total. The van der Waals surface area contributed by atoms with Gasteiger partial charge in [0.15, 0.2) is 0 Å². The lowest BCUT2D eigenvalue weighted by Crippen LogP contribution is -2.18. The first-order chi connectivity index (χ1) is 17.7. The number of hydrazone groups is 2. The first-order valence-electron chi connectivity index (χ1n) is 10.7. The van der Waals surface area contributed by atoms with Crippen molar-refractivity contribution in [2.45, 2.75) is 13.3 Å². The topological polar surface area (TPSA) is 189 Å². The first kappa shape index (κ1) is 26.2. The third kappa shape index (κ3) is 6.79. The Balaban J connectivity index is 1.70. The predicted molar refractivity (Wildman–Crippen MR) is 134 cm³/mol. The number of amides is 2. The smallest absolute Gasteiger partial charge is 0.271 e. The van der Waals surface area contributed by atoms with E-state index in [-0.39, 0.29) is 39.4 Å². The van der Waals surface area contributed by atoms with Crippen LogP contribution in [0.4, 0.5) is 11.4 Å². The second kappa shape index (κ2) is 11.8. The maximum absolute atomic E-state index is 12.2. The Labute approximate surface area is 209 Å². The van der Waals surface area contributed by atoms with Crippen molar-refractivity contribution in [3.8, 4) is 5.75 Å². The standard InChI is InChI=1S/C24H20N6O7/c1-2-15-11-18(13-25-27-23(32)16-3-7-20(8-4-16)29(34)35)22(31)19(12-15)14-26-28-24(33)17-5-9-21(10-6-17)30(36)37/h3-14,31H,2H2,1H3,(H,27,32)(H,28,33)/b25-13-,26-14-. The van der Waals surface area contributed by atoms with Gasteiger partial charge in [-0.05, 0) is 48.4 Å². The van der Waals surface area contributed by atoms with E-state index in [9.17, 15) is 34.9 Å². The highest BCUT2D eigenvalue weighted by molar-refractivity contribution is 5.97. The second-order valence-electron chi connectivity index (χ2n) is 7.48. The number of rotatable bonds is 9. The van der Waals surface area contributed by atoms with Gasteiger partial charge in [-0.15, -0.1) is 0 Å². The average Bonchev–Trinajstić information content (AvgIpc) is 2.90. The summed E-state index contributed by atoms with van der Waals surface area (Å²) < 4.78 is 0. The maximum Gasteiger partial charge on any atom is 0.271 e. The number of carbonyl (C=O) groups excluding carboxylic acids is 2. The third-order valence-corrected chi connectivity index (χ3v) is 5.06. The van der Waals surface area contributed by atoms with Crippen LogP contribution in [0.25, 0.3) is 0 Å². The Morgan fingerprint density at radius 3 is 1.51 bits per heavy atom. The second-order valence-corrected chi connectivity index (χ2v) is 7.48. The molecule has 0 spiro atoms. The molecule has 0 aliphatic heterocycles. The molecule has 0 saturated heterocycles. The van der Waals surface area contributed by atoms with E-state index in [4.69, 9.17) is 0 Å². The molecule has 188 valence electrons.